The van der Waals surface area contributed by atoms with Crippen molar-refractivity contribution in [1.82, 2.24) is 0 Å². The van der Waals surface area contributed by atoms with E-state index in [1.807, 2.05) is 31.2 Å². The number of aryl methyl sites for hydroxylation is 3. The molecular weight excluding hydrogens is 296 g/mol. The molecule has 2 heterocycles. The van der Waals surface area contributed by atoms with E-state index in [4.69, 9.17) is 11.0 Å². The molecule has 24 heavy (non-hydrogen) atoms. The molecular formula is C21H17N2O+. The summed E-state index contributed by atoms with van der Waals surface area (Å²) in [6, 6.07) is 14.2. The number of hydrogen-bond donors (Lipinski definition) is 0. The van der Waals surface area contributed by atoms with Crippen molar-refractivity contribution in [2.24, 2.45) is 7.05 Å². The first-order valence-electron chi connectivity index (χ1n) is 7.89. The van der Waals surface area contributed by atoms with Gasteiger partial charge in [0.05, 0.1) is 12.1 Å². The molecule has 0 bridgehead atoms. The van der Waals surface area contributed by atoms with Crippen LogP contribution in [-0.4, -0.2) is 0 Å². The molecule has 0 spiro atoms. The standard InChI is InChI=1S/C21H17N2O/c1-13-8-11-18-20(19(13)17-7-5-6-12-23(17)4)15-9-10-16(22-3)14(2)21(15)24-18/h5-12H,1-2,4H3/q+1. The number of pyridine rings is 1. The van der Waals surface area contributed by atoms with Gasteiger partial charge in [0.2, 0.25) is 5.69 Å². The lowest BCUT2D eigenvalue weighted by molar-refractivity contribution is -0.660. The number of fused-ring (bicyclic) bond motifs is 3. The number of furan rings is 1. The van der Waals surface area contributed by atoms with Crippen LogP contribution < -0.4 is 4.57 Å². The Bertz CT molecular complexity index is 1150. The zero-order chi connectivity index (χ0) is 16.8. The third-order valence-corrected chi connectivity index (χ3v) is 4.67. The Hall–Kier alpha value is -3.12. The van der Waals surface area contributed by atoms with E-state index in [2.05, 4.69) is 47.8 Å². The molecule has 0 fully saturated rings. The molecule has 0 unspecified atom stereocenters. The molecule has 0 N–H and O–H groups in total. The highest BCUT2D eigenvalue weighted by Gasteiger charge is 2.21. The summed E-state index contributed by atoms with van der Waals surface area (Å²) in [4.78, 5) is 3.59. The molecule has 3 heteroatoms. The molecule has 0 saturated heterocycles. The molecule has 0 aliphatic carbocycles. The highest BCUT2D eigenvalue weighted by Crippen LogP contribution is 2.40. The number of nitrogens with zero attached hydrogens (tertiary/aromatic N) is 2. The topological polar surface area (TPSA) is 21.4 Å². The van der Waals surface area contributed by atoms with E-state index in [0.717, 1.165) is 33.2 Å². The van der Waals surface area contributed by atoms with Crippen LogP contribution in [0.3, 0.4) is 0 Å². The van der Waals surface area contributed by atoms with Crippen molar-refractivity contribution >= 4 is 27.6 Å². The van der Waals surface area contributed by atoms with Gasteiger partial charge >= 0.3 is 0 Å². The van der Waals surface area contributed by atoms with Crippen LogP contribution in [0.1, 0.15) is 11.1 Å². The van der Waals surface area contributed by atoms with Gasteiger partial charge < -0.3 is 4.42 Å². The van der Waals surface area contributed by atoms with Crippen LogP contribution in [-0.2, 0) is 7.05 Å². The van der Waals surface area contributed by atoms with E-state index in [-0.39, 0.29) is 0 Å². The Labute approximate surface area is 140 Å². The lowest BCUT2D eigenvalue weighted by Crippen LogP contribution is -2.30. The molecule has 0 saturated carbocycles. The van der Waals surface area contributed by atoms with E-state index in [0.29, 0.717) is 5.69 Å². The summed E-state index contributed by atoms with van der Waals surface area (Å²) in [5, 5.41) is 2.18. The molecule has 116 valence electrons. The zero-order valence-electron chi connectivity index (χ0n) is 13.9. The van der Waals surface area contributed by atoms with Crippen molar-refractivity contribution < 1.29 is 8.98 Å². The second kappa shape index (κ2) is 5.21. The minimum Gasteiger partial charge on any atom is -0.457 e. The normalized spacial score (nSPS) is 11.1. The van der Waals surface area contributed by atoms with Gasteiger partial charge in [-0.2, -0.15) is 0 Å². The van der Waals surface area contributed by atoms with Crippen molar-refractivity contribution in [3.63, 3.8) is 0 Å². The van der Waals surface area contributed by atoms with Crippen LogP contribution >= 0.6 is 0 Å². The summed E-state index contributed by atoms with van der Waals surface area (Å²) < 4.78 is 8.26. The number of aromatic nitrogens is 1. The fourth-order valence-electron chi connectivity index (χ4n) is 3.39. The predicted octanol–water partition coefficient (Wildman–Crippen LogP) is 5.25. The van der Waals surface area contributed by atoms with Crippen molar-refractivity contribution in [3.8, 4) is 11.3 Å². The summed E-state index contributed by atoms with van der Waals surface area (Å²) in [5.41, 5.74) is 6.76. The molecule has 3 nitrogen and oxygen atoms in total. The Morgan fingerprint density at radius 3 is 2.62 bits per heavy atom. The zero-order valence-corrected chi connectivity index (χ0v) is 13.9. The van der Waals surface area contributed by atoms with Crippen LogP contribution in [0.5, 0.6) is 0 Å². The maximum atomic E-state index is 7.31. The quantitative estimate of drug-likeness (QED) is 0.347. The molecule has 4 rings (SSSR count). The van der Waals surface area contributed by atoms with Gasteiger partial charge in [-0.25, -0.2) is 9.41 Å². The first-order valence-corrected chi connectivity index (χ1v) is 7.89. The average molecular weight is 313 g/mol. The molecule has 2 aromatic heterocycles. The minimum absolute atomic E-state index is 0.644. The molecule has 0 atom stereocenters. The van der Waals surface area contributed by atoms with Gasteiger partial charge in [0.1, 0.15) is 18.2 Å². The molecule has 0 amide bonds. The van der Waals surface area contributed by atoms with Gasteiger partial charge in [0.15, 0.2) is 11.9 Å². The van der Waals surface area contributed by atoms with Crippen molar-refractivity contribution in [1.29, 1.82) is 0 Å². The van der Waals surface area contributed by atoms with Gasteiger partial charge in [-0.15, -0.1) is 0 Å². The largest absolute Gasteiger partial charge is 0.457 e. The Kier molecular flexibility index (Phi) is 3.14. The van der Waals surface area contributed by atoms with Crippen molar-refractivity contribution in [2.45, 2.75) is 13.8 Å². The second-order valence-electron chi connectivity index (χ2n) is 6.13. The lowest BCUT2D eigenvalue weighted by atomic mass is 9.97. The maximum Gasteiger partial charge on any atom is 0.213 e. The van der Waals surface area contributed by atoms with Crippen LogP contribution in [0.15, 0.2) is 53.1 Å². The first kappa shape index (κ1) is 14.5. The number of rotatable bonds is 1. The van der Waals surface area contributed by atoms with E-state index in [1.54, 1.807) is 0 Å². The fourth-order valence-corrected chi connectivity index (χ4v) is 3.39. The van der Waals surface area contributed by atoms with E-state index < -0.39 is 0 Å². The number of benzene rings is 2. The Morgan fingerprint density at radius 1 is 1.04 bits per heavy atom. The van der Waals surface area contributed by atoms with Crippen LogP contribution in [0.25, 0.3) is 38.0 Å². The average Bonchev–Trinajstić information content (AvgIpc) is 2.96. The lowest BCUT2D eigenvalue weighted by Gasteiger charge is -2.06. The third-order valence-electron chi connectivity index (χ3n) is 4.67. The summed E-state index contributed by atoms with van der Waals surface area (Å²) in [6.07, 6.45) is 2.05. The van der Waals surface area contributed by atoms with Gasteiger partial charge in [-0.05, 0) is 37.1 Å². The van der Waals surface area contributed by atoms with Gasteiger partial charge in [-0.3, -0.25) is 0 Å². The monoisotopic (exact) mass is 313 g/mol. The summed E-state index contributed by atoms with van der Waals surface area (Å²) in [7, 11) is 2.05. The van der Waals surface area contributed by atoms with E-state index in [9.17, 15) is 0 Å². The summed E-state index contributed by atoms with van der Waals surface area (Å²) >= 11 is 0. The Morgan fingerprint density at radius 2 is 1.88 bits per heavy atom. The van der Waals surface area contributed by atoms with Crippen LogP contribution in [0.4, 0.5) is 5.69 Å². The molecule has 4 aromatic rings. The third kappa shape index (κ3) is 1.93. The fraction of sp³-hybridized carbons (Fsp3) is 0.143. The van der Waals surface area contributed by atoms with Gasteiger partial charge in [-0.1, -0.05) is 18.2 Å². The number of hydrogen-bond acceptors (Lipinski definition) is 1. The highest BCUT2D eigenvalue weighted by molar-refractivity contribution is 6.13. The van der Waals surface area contributed by atoms with Crippen molar-refractivity contribution in [2.75, 3.05) is 0 Å². The van der Waals surface area contributed by atoms with Gasteiger partial charge in [0.25, 0.3) is 0 Å². The maximum absolute atomic E-state index is 7.31. The molecule has 2 aromatic carbocycles. The van der Waals surface area contributed by atoms with Gasteiger partial charge in [0, 0.05) is 22.9 Å². The van der Waals surface area contributed by atoms with E-state index >= 15 is 0 Å². The Balaban J connectivity index is 2.21. The highest BCUT2D eigenvalue weighted by atomic mass is 16.3. The SMILES string of the molecule is [C-]#[N+]c1ccc2c(oc3ccc(C)c(-c4cccc[n+]4C)c32)c1C. The summed E-state index contributed by atoms with van der Waals surface area (Å²) in [5.74, 6) is 0. The van der Waals surface area contributed by atoms with Crippen molar-refractivity contribution in [3.05, 3.63) is 71.2 Å². The predicted molar refractivity (Wildman–Crippen MR) is 96.1 cm³/mol. The van der Waals surface area contributed by atoms with E-state index in [1.165, 1.54) is 11.1 Å². The molecule has 0 radical (unpaired) electrons. The van der Waals surface area contributed by atoms with Crippen LogP contribution in [0, 0.1) is 20.4 Å². The summed E-state index contributed by atoms with van der Waals surface area (Å²) in [6.45, 7) is 11.4. The smallest absolute Gasteiger partial charge is 0.213 e. The van der Waals surface area contributed by atoms with Crippen LogP contribution in [0.2, 0.25) is 0 Å². The first-order chi connectivity index (χ1) is 11.6. The minimum atomic E-state index is 0.644. The second-order valence-corrected chi connectivity index (χ2v) is 6.13. The molecule has 0 aliphatic rings. The molecule has 0 aliphatic heterocycles.